The summed E-state index contributed by atoms with van der Waals surface area (Å²) in [5.74, 6) is -0.389. The molecule has 0 saturated heterocycles. The lowest BCUT2D eigenvalue weighted by Crippen LogP contribution is -2.26. The van der Waals surface area contributed by atoms with Crippen molar-refractivity contribution in [1.82, 2.24) is 19.3 Å². The summed E-state index contributed by atoms with van der Waals surface area (Å²) < 4.78 is 34.0. The quantitative estimate of drug-likeness (QED) is 0.341. The molecule has 0 amide bonds. The minimum absolute atomic E-state index is 0.0198. The molecular weight excluding hydrogens is 488 g/mol. The maximum absolute atomic E-state index is 13.1. The first kappa shape index (κ1) is 24.6. The normalized spacial score (nSPS) is 12.5. The van der Waals surface area contributed by atoms with Gasteiger partial charge in [-0.05, 0) is 35.4 Å². The summed E-state index contributed by atoms with van der Waals surface area (Å²) in [6, 6.07) is 18.6. The molecule has 0 aliphatic carbocycles. The Morgan fingerprint density at radius 2 is 1.83 bits per heavy atom. The topological polar surface area (TPSA) is 115 Å². The van der Waals surface area contributed by atoms with Crippen molar-refractivity contribution in [3.05, 3.63) is 84.2 Å². The van der Waals surface area contributed by atoms with Crippen molar-refractivity contribution < 1.29 is 23.1 Å². The van der Waals surface area contributed by atoms with Gasteiger partial charge in [-0.1, -0.05) is 47.7 Å². The number of phenols is 1. The molecule has 0 bridgehead atoms. The number of carbonyl (C=O) groups is 1. The summed E-state index contributed by atoms with van der Waals surface area (Å²) in [6.07, 6.45) is 1.80. The van der Waals surface area contributed by atoms with Crippen molar-refractivity contribution >= 4 is 27.3 Å². The van der Waals surface area contributed by atoms with E-state index < -0.39 is 22.0 Å². The summed E-state index contributed by atoms with van der Waals surface area (Å²) in [4.78, 5) is 13.3. The Kier molecular flexibility index (Phi) is 7.29. The van der Waals surface area contributed by atoms with Gasteiger partial charge in [-0.3, -0.25) is 0 Å². The van der Waals surface area contributed by atoms with Gasteiger partial charge < -0.3 is 9.84 Å². The first-order chi connectivity index (χ1) is 16.8. The zero-order valence-electron chi connectivity index (χ0n) is 19.1. The predicted octanol–water partition coefficient (Wildman–Crippen LogP) is 3.49. The SMILES string of the molecule is COC(=O)[C@H](Cc1ccc(O)cc1)n1cc(CN(C)S(=O)(=O)c2ccc(-c3ccccc3)s2)nn1. The Bertz CT molecular complexity index is 1400. The number of hydrogen-bond acceptors (Lipinski definition) is 8. The van der Waals surface area contributed by atoms with E-state index in [1.165, 1.54) is 52.8 Å². The molecule has 1 N–H and O–H groups in total. The van der Waals surface area contributed by atoms with E-state index in [4.69, 9.17) is 4.74 Å². The summed E-state index contributed by atoms with van der Waals surface area (Å²) in [5.41, 5.74) is 2.13. The molecule has 0 aliphatic rings. The van der Waals surface area contributed by atoms with E-state index in [1.807, 2.05) is 30.3 Å². The van der Waals surface area contributed by atoms with Gasteiger partial charge in [0, 0.05) is 18.3 Å². The van der Waals surface area contributed by atoms with Crippen LogP contribution in [0.2, 0.25) is 0 Å². The van der Waals surface area contributed by atoms with E-state index in [9.17, 15) is 18.3 Å². The maximum Gasteiger partial charge on any atom is 0.331 e. The van der Waals surface area contributed by atoms with Gasteiger partial charge in [-0.15, -0.1) is 16.4 Å². The third-order valence-corrected chi connectivity index (χ3v) is 8.81. The summed E-state index contributed by atoms with van der Waals surface area (Å²) in [7, 11) is -0.986. The Labute approximate surface area is 207 Å². The second-order valence-corrected chi connectivity index (χ2v) is 11.2. The fourth-order valence-corrected chi connectivity index (χ4v) is 6.16. The van der Waals surface area contributed by atoms with Gasteiger partial charge in [0.2, 0.25) is 0 Å². The smallest absolute Gasteiger partial charge is 0.331 e. The van der Waals surface area contributed by atoms with Gasteiger partial charge in [0.25, 0.3) is 10.0 Å². The van der Waals surface area contributed by atoms with E-state index >= 15 is 0 Å². The van der Waals surface area contributed by atoms with Crippen molar-refractivity contribution in [3.8, 4) is 16.2 Å². The third-order valence-electron chi connectivity index (χ3n) is 5.40. The molecule has 0 aliphatic heterocycles. The first-order valence-electron chi connectivity index (χ1n) is 10.7. The van der Waals surface area contributed by atoms with Crippen LogP contribution in [0.15, 0.2) is 77.1 Å². The summed E-state index contributed by atoms with van der Waals surface area (Å²) in [6.45, 7) is -0.0198. The molecule has 2 aromatic carbocycles. The van der Waals surface area contributed by atoms with Crippen molar-refractivity contribution in [1.29, 1.82) is 0 Å². The Morgan fingerprint density at radius 1 is 1.11 bits per heavy atom. The van der Waals surface area contributed by atoms with Crippen molar-refractivity contribution in [3.63, 3.8) is 0 Å². The highest BCUT2D eigenvalue weighted by Gasteiger charge is 2.27. The van der Waals surface area contributed by atoms with Gasteiger partial charge in [0.15, 0.2) is 6.04 Å². The van der Waals surface area contributed by atoms with Crippen LogP contribution in [-0.2, 0) is 32.5 Å². The van der Waals surface area contributed by atoms with Crippen LogP contribution in [0, 0.1) is 0 Å². The largest absolute Gasteiger partial charge is 0.508 e. The van der Waals surface area contributed by atoms with Crippen LogP contribution in [-0.4, -0.2) is 53.0 Å². The number of nitrogens with zero attached hydrogens (tertiary/aromatic N) is 4. The molecule has 4 rings (SSSR count). The van der Waals surface area contributed by atoms with Gasteiger partial charge in [0.05, 0.1) is 25.5 Å². The zero-order chi connectivity index (χ0) is 25.0. The summed E-state index contributed by atoms with van der Waals surface area (Å²) >= 11 is 1.20. The number of aromatic hydroxyl groups is 1. The molecule has 9 nitrogen and oxygen atoms in total. The lowest BCUT2D eigenvalue weighted by molar-refractivity contribution is -0.144. The molecule has 2 heterocycles. The van der Waals surface area contributed by atoms with Crippen LogP contribution < -0.4 is 0 Å². The van der Waals surface area contributed by atoms with Gasteiger partial charge in [-0.25, -0.2) is 17.9 Å². The fourth-order valence-electron chi connectivity index (χ4n) is 3.50. The van der Waals surface area contributed by atoms with Crippen LogP contribution in [0.1, 0.15) is 17.3 Å². The number of esters is 1. The molecule has 2 aromatic heterocycles. The monoisotopic (exact) mass is 512 g/mol. The molecule has 0 radical (unpaired) electrons. The average molecular weight is 513 g/mol. The number of ether oxygens (including phenoxy) is 1. The number of aromatic nitrogens is 3. The average Bonchev–Trinajstić information content (AvgIpc) is 3.54. The van der Waals surface area contributed by atoms with E-state index in [-0.39, 0.29) is 22.9 Å². The second-order valence-electron chi connectivity index (χ2n) is 7.85. The predicted molar refractivity (Wildman–Crippen MR) is 131 cm³/mol. The molecule has 0 saturated carbocycles. The lowest BCUT2D eigenvalue weighted by atomic mass is 10.1. The molecule has 35 heavy (non-hydrogen) atoms. The number of sulfonamides is 1. The van der Waals surface area contributed by atoms with E-state index in [1.54, 1.807) is 24.3 Å². The minimum Gasteiger partial charge on any atom is -0.508 e. The standard InChI is InChI=1S/C24H24N4O5S2/c1-27(35(31,32)23-13-12-22(34-23)18-6-4-3-5-7-18)15-19-16-28(26-25-19)21(24(30)33-2)14-17-8-10-20(29)11-9-17/h3-13,16,21,29H,14-15H2,1-2H3/t21-/m0/s1. The van der Waals surface area contributed by atoms with Crippen LogP contribution in [0.25, 0.3) is 10.4 Å². The highest BCUT2D eigenvalue weighted by Crippen LogP contribution is 2.32. The zero-order valence-corrected chi connectivity index (χ0v) is 20.7. The number of phenolic OH excluding ortho intramolecular Hbond substituents is 1. The molecule has 182 valence electrons. The molecule has 0 spiro atoms. The number of methoxy groups -OCH3 is 1. The van der Waals surface area contributed by atoms with Crippen LogP contribution in [0.4, 0.5) is 0 Å². The molecule has 0 unspecified atom stereocenters. The highest BCUT2D eigenvalue weighted by molar-refractivity contribution is 7.91. The Balaban J connectivity index is 1.50. The maximum atomic E-state index is 13.1. The van der Waals surface area contributed by atoms with Crippen LogP contribution >= 0.6 is 11.3 Å². The number of thiophene rings is 1. The number of rotatable bonds is 9. The van der Waals surface area contributed by atoms with Crippen LogP contribution in [0.3, 0.4) is 0 Å². The van der Waals surface area contributed by atoms with Crippen molar-refractivity contribution in [2.75, 3.05) is 14.2 Å². The van der Waals surface area contributed by atoms with Crippen molar-refractivity contribution in [2.24, 2.45) is 0 Å². The van der Waals surface area contributed by atoms with Crippen LogP contribution in [0.5, 0.6) is 5.75 Å². The van der Waals surface area contributed by atoms with E-state index in [0.29, 0.717) is 5.69 Å². The first-order valence-corrected chi connectivity index (χ1v) is 12.9. The van der Waals surface area contributed by atoms with E-state index in [0.717, 1.165) is 16.0 Å². The Morgan fingerprint density at radius 3 is 2.51 bits per heavy atom. The minimum atomic E-state index is -3.75. The molecule has 1 atom stereocenters. The van der Waals surface area contributed by atoms with Gasteiger partial charge in [-0.2, -0.15) is 4.31 Å². The number of benzene rings is 2. The van der Waals surface area contributed by atoms with Crippen molar-refractivity contribution in [2.45, 2.75) is 23.2 Å². The Hall–Kier alpha value is -3.54. The number of hydrogen-bond donors (Lipinski definition) is 1. The third kappa shape index (κ3) is 5.59. The molecule has 4 aromatic rings. The number of carbonyl (C=O) groups excluding carboxylic acids is 1. The lowest BCUT2D eigenvalue weighted by Gasteiger charge is -2.15. The highest BCUT2D eigenvalue weighted by atomic mass is 32.2. The van der Waals surface area contributed by atoms with E-state index in [2.05, 4.69) is 10.3 Å². The molecule has 11 heteroatoms. The molecular formula is C24H24N4O5S2. The molecule has 0 fully saturated rings. The second kappa shape index (κ2) is 10.4. The summed E-state index contributed by atoms with van der Waals surface area (Å²) in [5, 5.41) is 17.6. The van der Waals surface area contributed by atoms with Gasteiger partial charge in [0.1, 0.15) is 9.96 Å². The van der Waals surface area contributed by atoms with Gasteiger partial charge >= 0.3 is 5.97 Å². The fraction of sp³-hybridized carbons (Fsp3) is 0.208.